The molecule has 0 saturated carbocycles. The second-order valence-electron chi connectivity index (χ2n) is 8.68. The molecule has 1 amide bonds. The minimum absolute atomic E-state index is 0.205. The molecule has 3 aromatic carbocycles. The molecular weight excluding hydrogens is 446 g/mol. The SMILES string of the molecule is CN(c1cccc(C(=O)NCc2cccc(CN3CCCCC3)c2)c1)S(=O)(=O)c1ccccc1. The van der Waals surface area contributed by atoms with Gasteiger partial charge in [-0.25, -0.2) is 8.42 Å². The normalized spacial score (nSPS) is 14.5. The zero-order valence-electron chi connectivity index (χ0n) is 19.5. The highest BCUT2D eigenvalue weighted by Gasteiger charge is 2.21. The Labute approximate surface area is 202 Å². The molecule has 0 spiro atoms. The lowest BCUT2D eigenvalue weighted by atomic mass is 10.1. The summed E-state index contributed by atoms with van der Waals surface area (Å²) in [5.41, 5.74) is 3.14. The average Bonchev–Trinajstić information content (AvgIpc) is 2.88. The molecule has 4 rings (SSSR count). The van der Waals surface area contributed by atoms with Crippen molar-refractivity contribution < 1.29 is 13.2 Å². The number of anilines is 1. The first-order chi connectivity index (χ1) is 16.4. The Bertz CT molecular complexity index is 1220. The van der Waals surface area contributed by atoms with Crippen LogP contribution in [0.3, 0.4) is 0 Å². The summed E-state index contributed by atoms with van der Waals surface area (Å²) in [6, 6.07) is 23.2. The molecule has 0 radical (unpaired) electrons. The van der Waals surface area contributed by atoms with Crippen molar-refractivity contribution in [1.82, 2.24) is 10.2 Å². The fourth-order valence-electron chi connectivity index (χ4n) is 4.23. The number of carbonyl (C=O) groups excluding carboxylic acids is 1. The molecule has 1 N–H and O–H groups in total. The van der Waals surface area contributed by atoms with E-state index < -0.39 is 10.0 Å². The maximum absolute atomic E-state index is 12.9. The Morgan fingerprint density at radius 1 is 0.882 bits per heavy atom. The lowest BCUT2D eigenvalue weighted by Crippen LogP contribution is -2.29. The van der Waals surface area contributed by atoms with Crippen molar-refractivity contribution >= 4 is 21.6 Å². The second-order valence-corrected chi connectivity index (χ2v) is 10.6. The Balaban J connectivity index is 1.40. The van der Waals surface area contributed by atoms with E-state index in [1.165, 1.54) is 36.2 Å². The monoisotopic (exact) mass is 477 g/mol. The number of amides is 1. The van der Waals surface area contributed by atoms with Crippen molar-refractivity contribution in [2.24, 2.45) is 0 Å². The topological polar surface area (TPSA) is 69.7 Å². The third-order valence-corrected chi connectivity index (χ3v) is 7.97. The van der Waals surface area contributed by atoms with Crippen LogP contribution >= 0.6 is 0 Å². The van der Waals surface area contributed by atoms with Gasteiger partial charge in [0.15, 0.2) is 0 Å². The molecule has 0 unspecified atom stereocenters. The smallest absolute Gasteiger partial charge is 0.264 e. The highest BCUT2D eigenvalue weighted by molar-refractivity contribution is 7.92. The number of piperidine rings is 1. The number of nitrogens with zero attached hydrogens (tertiary/aromatic N) is 2. The molecule has 3 aromatic rings. The van der Waals surface area contributed by atoms with E-state index in [4.69, 9.17) is 0 Å². The number of carbonyl (C=O) groups is 1. The molecule has 1 aliphatic heterocycles. The van der Waals surface area contributed by atoms with Crippen molar-refractivity contribution in [2.45, 2.75) is 37.2 Å². The summed E-state index contributed by atoms with van der Waals surface area (Å²) in [5.74, 6) is -0.242. The highest BCUT2D eigenvalue weighted by Crippen LogP contribution is 2.23. The van der Waals surface area contributed by atoms with Gasteiger partial charge in [-0.3, -0.25) is 14.0 Å². The first kappa shape index (κ1) is 24.0. The third-order valence-electron chi connectivity index (χ3n) is 6.17. The van der Waals surface area contributed by atoms with Gasteiger partial charge in [-0.05, 0) is 67.4 Å². The van der Waals surface area contributed by atoms with Gasteiger partial charge in [0.1, 0.15) is 0 Å². The van der Waals surface area contributed by atoms with E-state index in [0.29, 0.717) is 17.8 Å². The number of nitrogens with one attached hydrogen (secondary N) is 1. The van der Waals surface area contributed by atoms with E-state index in [0.717, 1.165) is 25.2 Å². The molecule has 1 heterocycles. The van der Waals surface area contributed by atoms with Gasteiger partial charge in [0.05, 0.1) is 10.6 Å². The number of likely N-dealkylation sites (tertiary alicyclic amines) is 1. The maximum Gasteiger partial charge on any atom is 0.264 e. The Kier molecular flexibility index (Phi) is 7.65. The predicted octanol–water partition coefficient (Wildman–Crippen LogP) is 4.43. The zero-order valence-corrected chi connectivity index (χ0v) is 20.3. The lowest BCUT2D eigenvalue weighted by Gasteiger charge is -2.26. The fraction of sp³-hybridized carbons (Fsp3) is 0.296. The van der Waals surface area contributed by atoms with E-state index in [1.54, 1.807) is 54.6 Å². The van der Waals surface area contributed by atoms with Crippen LogP contribution in [-0.2, 0) is 23.1 Å². The molecule has 1 saturated heterocycles. The number of hydrogen-bond donors (Lipinski definition) is 1. The molecular formula is C27H31N3O3S. The molecule has 1 aliphatic rings. The van der Waals surface area contributed by atoms with Crippen LogP contribution in [0.5, 0.6) is 0 Å². The van der Waals surface area contributed by atoms with Crippen LogP contribution in [0.25, 0.3) is 0 Å². The van der Waals surface area contributed by atoms with Crippen LogP contribution in [-0.4, -0.2) is 39.4 Å². The third kappa shape index (κ3) is 5.85. The van der Waals surface area contributed by atoms with Crippen molar-refractivity contribution in [3.8, 4) is 0 Å². The summed E-state index contributed by atoms with van der Waals surface area (Å²) in [7, 11) is -2.22. The van der Waals surface area contributed by atoms with Gasteiger partial charge in [0.2, 0.25) is 0 Å². The molecule has 34 heavy (non-hydrogen) atoms. The summed E-state index contributed by atoms with van der Waals surface area (Å²) in [6.45, 7) is 3.64. The van der Waals surface area contributed by atoms with Crippen molar-refractivity contribution in [3.05, 3.63) is 95.6 Å². The molecule has 7 heteroatoms. The number of benzene rings is 3. The summed E-state index contributed by atoms with van der Waals surface area (Å²) in [6.07, 6.45) is 3.84. The van der Waals surface area contributed by atoms with Crippen LogP contribution in [0.15, 0.2) is 83.8 Å². The van der Waals surface area contributed by atoms with Gasteiger partial charge >= 0.3 is 0 Å². The molecule has 0 aromatic heterocycles. The first-order valence-corrected chi connectivity index (χ1v) is 13.1. The first-order valence-electron chi connectivity index (χ1n) is 11.7. The molecule has 1 fully saturated rings. The van der Waals surface area contributed by atoms with E-state index in [2.05, 4.69) is 22.3 Å². The van der Waals surface area contributed by atoms with Gasteiger partial charge in [0.25, 0.3) is 15.9 Å². The summed E-state index contributed by atoms with van der Waals surface area (Å²) < 4.78 is 27.0. The molecule has 178 valence electrons. The Morgan fingerprint density at radius 2 is 1.59 bits per heavy atom. The minimum atomic E-state index is -3.71. The van der Waals surface area contributed by atoms with Gasteiger partial charge < -0.3 is 5.32 Å². The van der Waals surface area contributed by atoms with Gasteiger partial charge in [0, 0.05) is 25.7 Å². The van der Waals surface area contributed by atoms with Gasteiger partial charge in [-0.1, -0.05) is 55.0 Å². The zero-order chi connectivity index (χ0) is 24.0. The second kappa shape index (κ2) is 10.8. The van der Waals surface area contributed by atoms with Crippen LogP contribution in [0.4, 0.5) is 5.69 Å². The minimum Gasteiger partial charge on any atom is -0.348 e. The molecule has 0 aliphatic carbocycles. The number of rotatable bonds is 8. The van der Waals surface area contributed by atoms with Crippen molar-refractivity contribution in [1.29, 1.82) is 0 Å². The van der Waals surface area contributed by atoms with Gasteiger partial charge in [-0.15, -0.1) is 0 Å². The summed E-state index contributed by atoms with van der Waals surface area (Å²) >= 11 is 0. The fourth-order valence-corrected chi connectivity index (χ4v) is 5.44. The lowest BCUT2D eigenvalue weighted by molar-refractivity contribution is 0.0951. The maximum atomic E-state index is 12.9. The summed E-state index contributed by atoms with van der Waals surface area (Å²) in [5, 5.41) is 2.96. The van der Waals surface area contributed by atoms with Crippen LogP contribution < -0.4 is 9.62 Å². The van der Waals surface area contributed by atoms with E-state index in [1.807, 2.05) is 12.1 Å². The highest BCUT2D eigenvalue weighted by atomic mass is 32.2. The molecule has 6 nitrogen and oxygen atoms in total. The predicted molar refractivity (Wildman–Crippen MR) is 135 cm³/mol. The van der Waals surface area contributed by atoms with Crippen LogP contribution in [0, 0.1) is 0 Å². The van der Waals surface area contributed by atoms with E-state index >= 15 is 0 Å². The average molecular weight is 478 g/mol. The largest absolute Gasteiger partial charge is 0.348 e. The van der Waals surface area contributed by atoms with Crippen molar-refractivity contribution in [3.63, 3.8) is 0 Å². The van der Waals surface area contributed by atoms with Crippen molar-refractivity contribution in [2.75, 3.05) is 24.4 Å². The Hall–Kier alpha value is -3.16. The van der Waals surface area contributed by atoms with E-state index in [-0.39, 0.29) is 10.8 Å². The number of hydrogen-bond acceptors (Lipinski definition) is 4. The Morgan fingerprint density at radius 3 is 2.35 bits per heavy atom. The number of sulfonamides is 1. The quantitative estimate of drug-likeness (QED) is 0.521. The molecule has 0 bridgehead atoms. The van der Waals surface area contributed by atoms with Gasteiger partial charge in [-0.2, -0.15) is 0 Å². The van der Waals surface area contributed by atoms with E-state index in [9.17, 15) is 13.2 Å². The standard InChI is InChI=1S/C27H31N3O3S/c1-29(34(32,33)26-14-4-2-5-15-26)25-13-9-12-24(19-25)27(31)28-20-22-10-8-11-23(18-22)21-30-16-6-3-7-17-30/h2,4-5,8-15,18-19H,3,6-7,16-17,20-21H2,1H3,(H,28,31). The summed E-state index contributed by atoms with van der Waals surface area (Å²) in [4.78, 5) is 15.5. The molecule has 0 atom stereocenters. The van der Waals surface area contributed by atoms with Crippen LogP contribution in [0.2, 0.25) is 0 Å². The van der Waals surface area contributed by atoms with Crippen LogP contribution in [0.1, 0.15) is 40.7 Å².